The standard InChI is InChI=1S/C21H27Cl3N4/c1-14(18-6-5-16(22)10-19(18)24)28-13-17(23)11-26-21(28)27-9-7-15(12-27)20-4-2-3-8-25-20/h5-6,10-11,13-15,20-21,25H,2-4,7-9,12H2,1H3/t14-,15?,20?,21?/m1/s1. The summed E-state index contributed by atoms with van der Waals surface area (Å²) in [7, 11) is 0. The first kappa shape index (κ1) is 20.5. The maximum atomic E-state index is 6.49. The van der Waals surface area contributed by atoms with E-state index >= 15 is 0 Å². The van der Waals surface area contributed by atoms with E-state index in [-0.39, 0.29) is 12.3 Å². The van der Waals surface area contributed by atoms with Gasteiger partial charge in [0.05, 0.1) is 11.1 Å². The lowest BCUT2D eigenvalue weighted by Crippen LogP contribution is -2.47. The Balaban J connectivity index is 1.51. The van der Waals surface area contributed by atoms with Gasteiger partial charge in [-0.3, -0.25) is 9.89 Å². The molecule has 152 valence electrons. The van der Waals surface area contributed by atoms with Gasteiger partial charge < -0.3 is 10.2 Å². The van der Waals surface area contributed by atoms with Crippen molar-refractivity contribution in [2.24, 2.45) is 10.9 Å². The summed E-state index contributed by atoms with van der Waals surface area (Å²) >= 11 is 18.9. The lowest BCUT2D eigenvalue weighted by Gasteiger charge is -2.40. The van der Waals surface area contributed by atoms with E-state index in [0.717, 1.165) is 25.2 Å². The maximum Gasteiger partial charge on any atom is 0.178 e. The molecular weight excluding hydrogens is 415 g/mol. The van der Waals surface area contributed by atoms with Crippen LogP contribution in [0, 0.1) is 5.92 Å². The predicted molar refractivity (Wildman–Crippen MR) is 118 cm³/mol. The summed E-state index contributed by atoms with van der Waals surface area (Å²) in [5, 5.41) is 5.67. The van der Waals surface area contributed by atoms with Gasteiger partial charge in [-0.05, 0) is 56.3 Å². The molecule has 0 radical (unpaired) electrons. The molecule has 1 aromatic carbocycles. The zero-order chi connectivity index (χ0) is 19.7. The minimum atomic E-state index is -0.0576. The molecule has 3 aliphatic heterocycles. The van der Waals surface area contributed by atoms with Crippen molar-refractivity contribution in [3.8, 4) is 0 Å². The molecule has 0 spiro atoms. The molecule has 2 fully saturated rings. The van der Waals surface area contributed by atoms with Gasteiger partial charge in [-0.25, -0.2) is 0 Å². The van der Waals surface area contributed by atoms with Gasteiger partial charge in [0.25, 0.3) is 0 Å². The molecule has 4 rings (SSSR count). The third kappa shape index (κ3) is 4.36. The van der Waals surface area contributed by atoms with Crippen LogP contribution in [0.3, 0.4) is 0 Å². The van der Waals surface area contributed by atoms with Crippen molar-refractivity contribution < 1.29 is 0 Å². The van der Waals surface area contributed by atoms with Crippen LogP contribution in [-0.4, -0.2) is 48.0 Å². The summed E-state index contributed by atoms with van der Waals surface area (Å²) in [6.45, 7) is 5.40. The van der Waals surface area contributed by atoms with Crippen molar-refractivity contribution in [3.63, 3.8) is 0 Å². The van der Waals surface area contributed by atoms with Crippen LogP contribution in [0.25, 0.3) is 0 Å². The highest BCUT2D eigenvalue weighted by atomic mass is 35.5. The second-order valence-electron chi connectivity index (χ2n) is 8.03. The number of aliphatic imine (C=N–C) groups is 1. The summed E-state index contributed by atoms with van der Waals surface area (Å²) in [5.41, 5.74) is 1.03. The summed E-state index contributed by atoms with van der Waals surface area (Å²) < 4.78 is 0. The number of likely N-dealkylation sites (tertiary alicyclic amines) is 1. The number of hydrogen-bond acceptors (Lipinski definition) is 4. The first-order valence-electron chi connectivity index (χ1n) is 10.1. The Labute approximate surface area is 182 Å². The number of allylic oxidation sites excluding steroid dienone is 1. The third-order valence-corrected chi connectivity index (χ3v) is 6.99. The van der Waals surface area contributed by atoms with Crippen molar-refractivity contribution in [2.75, 3.05) is 19.6 Å². The SMILES string of the molecule is C[C@H](c1ccc(Cl)cc1Cl)N1C=C(Cl)C=NC1N1CCC(C2CCCCN2)C1. The molecule has 0 aliphatic carbocycles. The molecule has 28 heavy (non-hydrogen) atoms. The molecule has 1 N–H and O–H groups in total. The Hall–Kier alpha value is -0.780. The summed E-state index contributed by atoms with van der Waals surface area (Å²) in [6, 6.07) is 6.34. The molecule has 0 bridgehead atoms. The molecule has 4 atom stereocenters. The topological polar surface area (TPSA) is 30.9 Å². The molecule has 3 aliphatic rings. The van der Waals surface area contributed by atoms with Crippen LogP contribution >= 0.6 is 34.8 Å². The number of hydrogen-bond donors (Lipinski definition) is 1. The number of benzene rings is 1. The highest BCUT2D eigenvalue weighted by Gasteiger charge is 2.37. The van der Waals surface area contributed by atoms with Crippen LogP contribution in [0.15, 0.2) is 34.4 Å². The first-order chi connectivity index (χ1) is 13.5. The zero-order valence-corrected chi connectivity index (χ0v) is 18.4. The Morgan fingerprint density at radius 3 is 2.79 bits per heavy atom. The smallest absolute Gasteiger partial charge is 0.178 e. The quantitative estimate of drug-likeness (QED) is 0.690. The number of piperidine rings is 1. The van der Waals surface area contributed by atoms with Gasteiger partial charge in [-0.2, -0.15) is 0 Å². The monoisotopic (exact) mass is 440 g/mol. The van der Waals surface area contributed by atoms with E-state index in [0.29, 0.717) is 27.0 Å². The zero-order valence-electron chi connectivity index (χ0n) is 16.1. The molecule has 4 nitrogen and oxygen atoms in total. The van der Waals surface area contributed by atoms with Gasteiger partial charge in [0.15, 0.2) is 6.29 Å². The molecule has 0 saturated carbocycles. The van der Waals surface area contributed by atoms with Gasteiger partial charge in [0, 0.05) is 41.6 Å². The fourth-order valence-corrected chi connectivity index (χ4v) is 5.42. The minimum Gasteiger partial charge on any atom is -0.335 e. The normalized spacial score (nSPS) is 29.8. The average molecular weight is 442 g/mol. The van der Waals surface area contributed by atoms with Crippen molar-refractivity contribution in [3.05, 3.63) is 45.0 Å². The Morgan fingerprint density at radius 1 is 1.18 bits per heavy atom. The van der Waals surface area contributed by atoms with Gasteiger partial charge >= 0.3 is 0 Å². The highest BCUT2D eigenvalue weighted by Crippen LogP contribution is 2.35. The number of halogens is 3. The molecular formula is C21H27Cl3N4. The third-order valence-electron chi connectivity index (χ3n) is 6.23. The average Bonchev–Trinajstić information content (AvgIpc) is 3.18. The van der Waals surface area contributed by atoms with E-state index in [4.69, 9.17) is 39.8 Å². The van der Waals surface area contributed by atoms with E-state index < -0.39 is 0 Å². The lowest BCUT2D eigenvalue weighted by atomic mass is 9.91. The van der Waals surface area contributed by atoms with Gasteiger partial charge in [-0.1, -0.05) is 47.3 Å². The lowest BCUT2D eigenvalue weighted by molar-refractivity contribution is 0.0705. The summed E-state index contributed by atoms with van der Waals surface area (Å²) in [4.78, 5) is 9.47. The van der Waals surface area contributed by atoms with Crippen LogP contribution in [0.1, 0.15) is 44.2 Å². The second kappa shape index (κ2) is 8.93. The number of nitrogens with zero attached hydrogens (tertiary/aromatic N) is 3. The van der Waals surface area contributed by atoms with E-state index in [9.17, 15) is 0 Å². The molecule has 1 aromatic rings. The van der Waals surface area contributed by atoms with Crippen LogP contribution in [0.5, 0.6) is 0 Å². The fourth-order valence-electron chi connectivity index (χ4n) is 4.69. The molecule has 2 saturated heterocycles. The van der Waals surface area contributed by atoms with Gasteiger partial charge in [-0.15, -0.1) is 0 Å². The number of rotatable bonds is 4. The Bertz CT molecular complexity index is 760. The Morgan fingerprint density at radius 2 is 2.04 bits per heavy atom. The van der Waals surface area contributed by atoms with Crippen molar-refractivity contribution in [1.82, 2.24) is 15.1 Å². The Kier molecular flexibility index (Phi) is 6.53. The van der Waals surface area contributed by atoms with Crippen LogP contribution in [-0.2, 0) is 0 Å². The number of nitrogens with one attached hydrogen (secondary N) is 1. The summed E-state index contributed by atoms with van der Waals surface area (Å²) in [6.07, 6.45) is 8.84. The van der Waals surface area contributed by atoms with Crippen LogP contribution in [0.4, 0.5) is 0 Å². The van der Waals surface area contributed by atoms with E-state index in [1.54, 1.807) is 12.3 Å². The van der Waals surface area contributed by atoms with Gasteiger partial charge in [0.2, 0.25) is 0 Å². The van der Waals surface area contributed by atoms with Crippen molar-refractivity contribution in [1.29, 1.82) is 0 Å². The second-order valence-corrected chi connectivity index (χ2v) is 9.31. The molecule has 7 heteroatoms. The van der Waals surface area contributed by atoms with Crippen LogP contribution < -0.4 is 5.32 Å². The maximum absolute atomic E-state index is 6.49. The largest absolute Gasteiger partial charge is 0.335 e. The molecule has 3 heterocycles. The highest BCUT2D eigenvalue weighted by molar-refractivity contribution is 6.39. The van der Waals surface area contributed by atoms with Gasteiger partial charge in [0.1, 0.15) is 0 Å². The van der Waals surface area contributed by atoms with Crippen LogP contribution in [0.2, 0.25) is 10.0 Å². The predicted octanol–water partition coefficient (Wildman–Crippen LogP) is 5.27. The molecule has 3 unspecified atom stereocenters. The first-order valence-corrected chi connectivity index (χ1v) is 11.3. The van der Waals surface area contributed by atoms with Crippen molar-refractivity contribution >= 4 is 41.0 Å². The molecule has 0 aromatic heterocycles. The van der Waals surface area contributed by atoms with E-state index in [2.05, 4.69) is 22.0 Å². The minimum absolute atomic E-state index is 0.0350. The van der Waals surface area contributed by atoms with Crippen molar-refractivity contribution in [2.45, 2.75) is 51.0 Å². The van der Waals surface area contributed by atoms with E-state index in [1.165, 1.54) is 25.7 Å². The fraction of sp³-hybridized carbons (Fsp3) is 0.571. The van der Waals surface area contributed by atoms with E-state index in [1.807, 2.05) is 18.3 Å². The summed E-state index contributed by atoms with van der Waals surface area (Å²) in [5.74, 6) is 0.688. The molecule has 0 amide bonds.